The molecular weight excluding hydrogens is 264 g/mol. The molecule has 0 radical (unpaired) electrons. The van der Waals surface area contributed by atoms with E-state index >= 15 is 0 Å². The van der Waals surface area contributed by atoms with Gasteiger partial charge in [-0.25, -0.2) is 8.42 Å². The highest BCUT2D eigenvalue weighted by Gasteiger charge is 2.29. The van der Waals surface area contributed by atoms with Gasteiger partial charge < -0.3 is 10.1 Å². The van der Waals surface area contributed by atoms with Crippen molar-refractivity contribution in [2.75, 3.05) is 22.9 Å². The molecule has 2 rings (SSSR count). The molecule has 0 spiro atoms. The lowest BCUT2D eigenvalue weighted by Crippen LogP contribution is -2.40. The maximum Gasteiger partial charge on any atom is 0.229 e. The Morgan fingerprint density at radius 1 is 1.32 bits per heavy atom. The van der Waals surface area contributed by atoms with E-state index in [1.54, 1.807) is 12.1 Å². The van der Waals surface area contributed by atoms with Gasteiger partial charge in [-0.15, -0.1) is 0 Å². The van der Waals surface area contributed by atoms with Crippen LogP contribution in [0.15, 0.2) is 24.3 Å². The Labute approximate surface area is 114 Å². The molecule has 1 aromatic carbocycles. The topological polar surface area (TPSA) is 67.4 Å². The second-order valence-electron chi connectivity index (χ2n) is 4.85. The quantitative estimate of drug-likeness (QED) is 0.839. The summed E-state index contributed by atoms with van der Waals surface area (Å²) >= 11 is 0. The Hall–Kier alpha value is -1.27. The molecular formula is C13H20N2O3S. The first-order valence-electron chi connectivity index (χ1n) is 6.42. The minimum atomic E-state index is -3.23. The van der Waals surface area contributed by atoms with Crippen molar-refractivity contribution >= 4 is 21.4 Å². The normalized spacial score (nSPS) is 22.6. The van der Waals surface area contributed by atoms with Gasteiger partial charge in [-0.2, -0.15) is 0 Å². The minimum Gasteiger partial charge on any atom is -0.382 e. The second-order valence-corrected chi connectivity index (χ2v) is 6.59. The van der Waals surface area contributed by atoms with Crippen LogP contribution >= 0.6 is 0 Å². The van der Waals surface area contributed by atoms with Gasteiger partial charge in [0.2, 0.25) is 10.0 Å². The molecule has 0 heterocycles. The van der Waals surface area contributed by atoms with Crippen LogP contribution in [0.25, 0.3) is 0 Å². The van der Waals surface area contributed by atoms with E-state index in [0.717, 1.165) is 31.4 Å². The number of nitrogens with one attached hydrogen (secondary N) is 2. The van der Waals surface area contributed by atoms with Crippen molar-refractivity contribution in [3.8, 4) is 0 Å². The molecule has 6 heteroatoms. The van der Waals surface area contributed by atoms with Crippen LogP contribution in [-0.4, -0.2) is 33.4 Å². The fourth-order valence-electron chi connectivity index (χ4n) is 2.18. The van der Waals surface area contributed by atoms with Gasteiger partial charge in [-0.3, -0.25) is 4.72 Å². The Balaban J connectivity index is 1.90. The first-order chi connectivity index (χ1) is 8.96. The van der Waals surface area contributed by atoms with Crippen LogP contribution < -0.4 is 10.0 Å². The maximum atomic E-state index is 11.2. The lowest BCUT2D eigenvalue weighted by molar-refractivity contribution is 0.00299. The van der Waals surface area contributed by atoms with Crippen LogP contribution in [0.4, 0.5) is 11.4 Å². The van der Waals surface area contributed by atoms with Gasteiger partial charge in [-0.1, -0.05) is 6.07 Å². The Kier molecular flexibility index (Phi) is 4.31. The third-order valence-corrected chi connectivity index (χ3v) is 3.64. The van der Waals surface area contributed by atoms with Crippen LogP contribution in [0.3, 0.4) is 0 Å². The van der Waals surface area contributed by atoms with Crippen LogP contribution in [-0.2, 0) is 14.8 Å². The Morgan fingerprint density at radius 2 is 2.00 bits per heavy atom. The summed E-state index contributed by atoms with van der Waals surface area (Å²) in [5, 5.41) is 3.38. The Bertz CT molecular complexity index is 524. The molecule has 0 bridgehead atoms. The predicted octanol–water partition coefficient (Wildman–Crippen LogP) is 2.04. The molecule has 0 aliphatic heterocycles. The highest BCUT2D eigenvalue weighted by Crippen LogP contribution is 2.27. The maximum absolute atomic E-state index is 11.2. The van der Waals surface area contributed by atoms with Gasteiger partial charge in [0.05, 0.1) is 18.0 Å². The molecule has 2 N–H and O–H groups in total. The summed E-state index contributed by atoms with van der Waals surface area (Å²) in [6.45, 7) is 2.76. The number of ether oxygens (including phenoxy) is 1. The van der Waals surface area contributed by atoms with Gasteiger partial charge in [0.25, 0.3) is 0 Å². The van der Waals surface area contributed by atoms with E-state index in [2.05, 4.69) is 10.0 Å². The summed E-state index contributed by atoms with van der Waals surface area (Å²) in [7, 11) is -3.23. The van der Waals surface area contributed by atoms with E-state index in [-0.39, 0.29) is 0 Å². The smallest absolute Gasteiger partial charge is 0.229 e. The molecule has 1 aliphatic rings. The third-order valence-electron chi connectivity index (χ3n) is 3.03. The van der Waals surface area contributed by atoms with Crippen molar-refractivity contribution in [3.63, 3.8) is 0 Å². The van der Waals surface area contributed by atoms with E-state index in [0.29, 0.717) is 17.8 Å². The number of benzene rings is 1. The summed E-state index contributed by atoms with van der Waals surface area (Å²) in [5.74, 6) is 0. The SMILES string of the molecule is CCOC1CC(Nc2cccc(NS(C)(=O)=O)c2)C1. The molecule has 0 aromatic heterocycles. The standard InChI is InChI=1S/C13H20N2O3S/c1-3-18-13-8-12(9-13)14-10-5-4-6-11(7-10)15-19(2,16)17/h4-7,12-15H,3,8-9H2,1-2H3. The zero-order chi connectivity index (χ0) is 13.9. The van der Waals surface area contributed by atoms with Gasteiger partial charge >= 0.3 is 0 Å². The monoisotopic (exact) mass is 284 g/mol. The molecule has 0 unspecified atom stereocenters. The van der Waals surface area contributed by atoms with Crippen molar-refractivity contribution in [2.24, 2.45) is 0 Å². The number of rotatable bonds is 6. The highest BCUT2D eigenvalue weighted by molar-refractivity contribution is 7.92. The first kappa shape index (κ1) is 14.1. The van der Waals surface area contributed by atoms with Crippen molar-refractivity contribution in [1.29, 1.82) is 0 Å². The molecule has 1 aliphatic carbocycles. The highest BCUT2D eigenvalue weighted by atomic mass is 32.2. The van der Waals surface area contributed by atoms with E-state index in [1.807, 2.05) is 19.1 Å². The van der Waals surface area contributed by atoms with Crippen molar-refractivity contribution < 1.29 is 13.2 Å². The molecule has 1 fully saturated rings. The number of hydrogen-bond acceptors (Lipinski definition) is 4. The third kappa shape index (κ3) is 4.40. The average Bonchev–Trinajstić information content (AvgIpc) is 2.24. The Morgan fingerprint density at radius 3 is 2.63 bits per heavy atom. The van der Waals surface area contributed by atoms with Gasteiger partial charge in [-0.05, 0) is 38.0 Å². The molecule has 1 saturated carbocycles. The second kappa shape index (κ2) is 5.79. The number of sulfonamides is 1. The predicted molar refractivity (Wildman–Crippen MR) is 77.0 cm³/mol. The van der Waals surface area contributed by atoms with Crippen molar-refractivity contribution in [2.45, 2.75) is 31.9 Å². The van der Waals surface area contributed by atoms with Crippen molar-refractivity contribution in [3.05, 3.63) is 24.3 Å². The summed E-state index contributed by atoms with van der Waals surface area (Å²) in [6, 6.07) is 7.70. The van der Waals surface area contributed by atoms with Gasteiger partial charge in [0.15, 0.2) is 0 Å². The molecule has 0 saturated heterocycles. The van der Waals surface area contributed by atoms with Gasteiger partial charge in [0.1, 0.15) is 0 Å². The summed E-state index contributed by atoms with van der Waals surface area (Å²) in [6.07, 6.45) is 3.50. The van der Waals surface area contributed by atoms with Crippen LogP contribution in [0.2, 0.25) is 0 Å². The van der Waals surface area contributed by atoms with E-state index in [1.165, 1.54) is 0 Å². The molecule has 106 valence electrons. The first-order valence-corrected chi connectivity index (χ1v) is 8.31. The molecule has 1 aromatic rings. The largest absolute Gasteiger partial charge is 0.382 e. The lowest BCUT2D eigenvalue weighted by atomic mass is 9.89. The molecule has 0 atom stereocenters. The molecule has 5 nitrogen and oxygen atoms in total. The number of hydrogen-bond donors (Lipinski definition) is 2. The fourth-order valence-corrected chi connectivity index (χ4v) is 2.73. The van der Waals surface area contributed by atoms with Crippen LogP contribution in [0.1, 0.15) is 19.8 Å². The minimum absolute atomic E-state index is 0.361. The summed E-state index contributed by atoms with van der Waals surface area (Å²) in [4.78, 5) is 0. The van der Waals surface area contributed by atoms with Crippen molar-refractivity contribution in [1.82, 2.24) is 0 Å². The van der Waals surface area contributed by atoms with E-state index in [4.69, 9.17) is 4.74 Å². The van der Waals surface area contributed by atoms with E-state index < -0.39 is 10.0 Å². The van der Waals surface area contributed by atoms with Gasteiger partial charge in [0, 0.05) is 18.3 Å². The van der Waals surface area contributed by atoms with Crippen LogP contribution in [0, 0.1) is 0 Å². The fraction of sp³-hybridized carbons (Fsp3) is 0.538. The summed E-state index contributed by atoms with van der Waals surface area (Å²) in [5.41, 5.74) is 1.50. The average molecular weight is 284 g/mol. The molecule has 0 amide bonds. The summed E-state index contributed by atoms with van der Waals surface area (Å²) < 4.78 is 30.3. The lowest BCUT2D eigenvalue weighted by Gasteiger charge is -2.36. The zero-order valence-corrected chi connectivity index (χ0v) is 12.0. The molecule has 19 heavy (non-hydrogen) atoms. The zero-order valence-electron chi connectivity index (χ0n) is 11.2. The van der Waals surface area contributed by atoms with E-state index in [9.17, 15) is 8.42 Å². The number of anilines is 2. The van der Waals surface area contributed by atoms with Crippen LogP contribution in [0.5, 0.6) is 0 Å².